The Balaban J connectivity index is 2.08. The molecule has 2 nitrogen and oxygen atoms in total. The number of nitrogens with zero attached hydrogens (tertiary/aromatic N) is 1. The van der Waals surface area contributed by atoms with E-state index in [2.05, 4.69) is 61.3 Å². The molecule has 0 saturated carbocycles. The normalized spacial score (nSPS) is 18.6. The summed E-state index contributed by atoms with van der Waals surface area (Å²) < 4.78 is 5.54. The van der Waals surface area contributed by atoms with Crippen LogP contribution in [0.25, 0.3) is 0 Å². The minimum absolute atomic E-state index is 0.430. The molecular weight excluding hydrogens is 246 g/mol. The van der Waals surface area contributed by atoms with Crippen molar-refractivity contribution in [3.8, 4) is 5.75 Å². The van der Waals surface area contributed by atoms with Crippen molar-refractivity contribution in [2.24, 2.45) is 0 Å². The Morgan fingerprint density at radius 2 is 1.85 bits per heavy atom. The number of hydrogen-bond donors (Lipinski definition) is 0. The minimum Gasteiger partial charge on any atom is -0.496 e. The van der Waals surface area contributed by atoms with Gasteiger partial charge in [-0.3, -0.25) is 0 Å². The van der Waals surface area contributed by atoms with E-state index >= 15 is 0 Å². The number of aryl methyl sites for hydroxylation is 1. The highest BCUT2D eigenvalue weighted by molar-refractivity contribution is 5.47. The van der Waals surface area contributed by atoms with Gasteiger partial charge in [-0.15, -0.1) is 0 Å². The van der Waals surface area contributed by atoms with Crippen LogP contribution in [0, 0.1) is 6.92 Å². The molecule has 1 atom stereocenters. The first-order valence-corrected chi connectivity index (χ1v) is 7.10. The monoisotopic (exact) mass is 267 g/mol. The van der Waals surface area contributed by atoms with E-state index in [-0.39, 0.29) is 0 Å². The summed E-state index contributed by atoms with van der Waals surface area (Å²) >= 11 is 0. The highest BCUT2D eigenvalue weighted by atomic mass is 16.5. The molecule has 1 aliphatic rings. The van der Waals surface area contributed by atoms with E-state index in [0.29, 0.717) is 5.92 Å². The number of likely N-dealkylation sites (N-methyl/N-ethyl adjacent to an activating group) is 1. The third-order valence-electron chi connectivity index (χ3n) is 4.17. The van der Waals surface area contributed by atoms with Crippen LogP contribution in [0.3, 0.4) is 0 Å². The van der Waals surface area contributed by atoms with Crippen LogP contribution in [0.5, 0.6) is 5.75 Å². The van der Waals surface area contributed by atoms with E-state index in [1.165, 1.54) is 22.3 Å². The van der Waals surface area contributed by atoms with Crippen LogP contribution in [0.15, 0.2) is 42.5 Å². The predicted molar refractivity (Wildman–Crippen MR) is 82.4 cm³/mol. The van der Waals surface area contributed by atoms with E-state index in [0.717, 1.165) is 18.8 Å². The molecule has 0 N–H and O–H groups in total. The van der Waals surface area contributed by atoms with Crippen LogP contribution in [0.4, 0.5) is 0 Å². The molecule has 0 saturated heterocycles. The Bertz CT molecular complexity index is 603. The second-order valence-corrected chi connectivity index (χ2v) is 5.69. The van der Waals surface area contributed by atoms with E-state index in [4.69, 9.17) is 4.74 Å². The van der Waals surface area contributed by atoms with Crippen molar-refractivity contribution < 1.29 is 4.74 Å². The lowest BCUT2D eigenvalue weighted by Gasteiger charge is -2.33. The highest BCUT2D eigenvalue weighted by Gasteiger charge is 2.26. The Morgan fingerprint density at radius 1 is 1.10 bits per heavy atom. The van der Waals surface area contributed by atoms with Crippen LogP contribution in [-0.4, -0.2) is 25.6 Å². The molecule has 2 aromatic rings. The zero-order valence-corrected chi connectivity index (χ0v) is 12.4. The Hall–Kier alpha value is -1.80. The van der Waals surface area contributed by atoms with Gasteiger partial charge in [0.15, 0.2) is 0 Å². The van der Waals surface area contributed by atoms with Gasteiger partial charge in [-0.25, -0.2) is 0 Å². The topological polar surface area (TPSA) is 12.5 Å². The van der Waals surface area contributed by atoms with Crippen molar-refractivity contribution in [3.05, 3.63) is 64.7 Å². The third-order valence-corrected chi connectivity index (χ3v) is 4.17. The van der Waals surface area contributed by atoms with E-state index < -0.39 is 0 Å². The Kier molecular flexibility index (Phi) is 3.49. The molecule has 0 radical (unpaired) electrons. The lowest BCUT2D eigenvalue weighted by molar-refractivity contribution is 0.286. The van der Waals surface area contributed by atoms with E-state index in [9.17, 15) is 0 Å². The Labute approximate surface area is 121 Å². The van der Waals surface area contributed by atoms with E-state index in [1.54, 1.807) is 7.11 Å². The summed E-state index contributed by atoms with van der Waals surface area (Å²) in [5.74, 6) is 1.44. The molecule has 1 aliphatic heterocycles. The maximum Gasteiger partial charge on any atom is 0.123 e. The van der Waals surface area contributed by atoms with Crippen LogP contribution >= 0.6 is 0 Å². The first-order chi connectivity index (χ1) is 9.69. The van der Waals surface area contributed by atoms with Gasteiger partial charge in [0.1, 0.15) is 5.75 Å². The summed E-state index contributed by atoms with van der Waals surface area (Å²) in [5, 5.41) is 0. The molecule has 0 spiro atoms. The van der Waals surface area contributed by atoms with Crippen molar-refractivity contribution in [3.63, 3.8) is 0 Å². The molecule has 2 aromatic carbocycles. The highest BCUT2D eigenvalue weighted by Crippen LogP contribution is 2.37. The standard InChI is InChI=1S/C18H21NO/c1-13-7-9-14(10-8-13)16-11-19(2)12-17-15(16)5-4-6-18(17)20-3/h4-10,16H,11-12H2,1-3H3. The maximum atomic E-state index is 5.54. The van der Waals surface area contributed by atoms with Crippen LogP contribution < -0.4 is 4.74 Å². The fourth-order valence-corrected chi connectivity index (χ4v) is 3.10. The quantitative estimate of drug-likeness (QED) is 0.824. The second kappa shape index (κ2) is 5.29. The second-order valence-electron chi connectivity index (χ2n) is 5.69. The van der Waals surface area contributed by atoms with Crippen molar-refractivity contribution in [2.75, 3.05) is 20.7 Å². The van der Waals surface area contributed by atoms with Crippen LogP contribution in [0.2, 0.25) is 0 Å². The lowest BCUT2D eigenvalue weighted by Crippen LogP contribution is -2.31. The van der Waals surface area contributed by atoms with Crippen molar-refractivity contribution in [1.82, 2.24) is 4.90 Å². The zero-order chi connectivity index (χ0) is 14.1. The average molecular weight is 267 g/mol. The van der Waals surface area contributed by atoms with E-state index in [1.807, 2.05) is 0 Å². The average Bonchev–Trinajstić information content (AvgIpc) is 2.46. The minimum atomic E-state index is 0.430. The molecule has 3 rings (SSSR count). The number of rotatable bonds is 2. The molecule has 20 heavy (non-hydrogen) atoms. The number of methoxy groups -OCH3 is 1. The van der Waals surface area contributed by atoms with Gasteiger partial charge < -0.3 is 9.64 Å². The van der Waals surface area contributed by atoms with Crippen molar-refractivity contribution in [1.29, 1.82) is 0 Å². The summed E-state index contributed by atoms with van der Waals surface area (Å²) in [6, 6.07) is 15.3. The first kappa shape index (κ1) is 13.2. The molecule has 0 fully saturated rings. The van der Waals surface area contributed by atoms with Gasteiger partial charge in [0, 0.05) is 24.6 Å². The fraction of sp³-hybridized carbons (Fsp3) is 0.333. The molecule has 2 heteroatoms. The van der Waals surface area contributed by atoms with Gasteiger partial charge in [0.05, 0.1) is 7.11 Å². The SMILES string of the molecule is COc1cccc2c1CN(C)CC2c1ccc(C)cc1. The summed E-state index contributed by atoms with van der Waals surface area (Å²) in [4.78, 5) is 2.37. The van der Waals surface area contributed by atoms with Gasteiger partial charge >= 0.3 is 0 Å². The predicted octanol–water partition coefficient (Wildman–Crippen LogP) is 3.58. The number of hydrogen-bond acceptors (Lipinski definition) is 2. The Morgan fingerprint density at radius 3 is 2.55 bits per heavy atom. The molecule has 0 aromatic heterocycles. The smallest absolute Gasteiger partial charge is 0.123 e. The lowest BCUT2D eigenvalue weighted by atomic mass is 9.84. The van der Waals surface area contributed by atoms with Gasteiger partial charge in [0.2, 0.25) is 0 Å². The molecule has 104 valence electrons. The van der Waals surface area contributed by atoms with Crippen molar-refractivity contribution >= 4 is 0 Å². The number of benzene rings is 2. The van der Waals surface area contributed by atoms with Crippen molar-refractivity contribution in [2.45, 2.75) is 19.4 Å². The molecule has 0 bridgehead atoms. The van der Waals surface area contributed by atoms with Crippen LogP contribution in [-0.2, 0) is 6.54 Å². The molecule has 1 heterocycles. The summed E-state index contributed by atoms with van der Waals surface area (Å²) in [5.41, 5.74) is 5.43. The summed E-state index contributed by atoms with van der Waals surface area (Å²) in [7, 11) is 3.93. The van der Waals surface area contributed by atoms with Gasteiger partial charge in [-0.1, -0.05) is 42.0 Å². The molecule has 1 unspecified atom stereocenters. The molecule has 0 amide bonds. The first-order valence-electron chi connectivity index (χ1n) is 7.10. The maximum absolute atomic E-state index is 5.54. The van der Waals surface area contributed by atoms with Gasteiger partial charge in [-0.2, -0.15) is 0 Å². The zero-order valence-electron chi connectivity index (χ0n) is 12.4. The van der Waals surface area contributed by atoms with Gasteiger partial charge in [0.25, 0.3) is 0 Å². The summed E-state index contributed by atoms with van der Waals surface area (Å²) in [6.45, 7) is 4.15. The largest absolute Gasteiger partial charge is 0.496 e. The van der Waals surface area contributed by atoms with Gasteiger partial charge in [-0.05, 0) is 31.2 Å². The number of fused-ring (bicyclic) bond motifs is 1. The van der Waals surface area contributed by atoms with Crippen LogP contribution in [0.1, 0.15) is 28.2 Å². The number of ether oxygens (including phenoxy) is 1. The molecular formula is C18H21NO. The third kappa shape index (κ3) is 2.32. The summed E-state index contributed by atoms with van der Waals surface area (Å²) in [6.07, 6.45) is 0. The fourth-order valence-electron chi connectivity index (χ4n) is 3.10. The molecule has 0 aliphatic carbocycles.